The summed E-state index contributed by atoms with van der Waals surface area (Å²) in [5.74, 6) is -11.5. The van der Waals surface area contributed by atoms with Gasteiger partial charge in [0.25, 0.3) is 0 Å². The van der Waals surface area contributed by atoms with Crippen molar-refractivity contribution < 1.29 is 41.7 Å². The minimum atomic E-state index is -4.59. The topological polar surface area (TPSA) is 90.6 Å². The van der Waals surface area contributed by atoms with Gasteiger partial charge in [-0.2, -0.15) is 4.39 Å². The van der Waals surface area contributed by atoms with Crippen molar-refractivity contribution >= 4 is 29.5 Å². The molecule has 0 spiro atoms. The van der Waals surface area contributed by atoms with E-state index < -0.39 is 51.6 Å². The lowest BCUT2D eigenvalue weighted by Gasteiger charge is -2.14. The summed E-state index contributed by atoms with van der Waals surface area (Å²) in [6, 6.07) is 0.00563. The van der Waals surface area contributed by atoms with Crippen LogP contribution in [0.4, 0.5) is 22.0 Å². The first-order chi connectivity index (χ1) is 9.99. The number of alkyl halides is 3. The first kappa shape index (κ1) is 17.7. The molecule has 0 aliphatic rings. The fourth-order valence-electron chi connectivity index (χ4n) is 1.33. The number of benzene rings is 1. The second kappa shape index (κ2) is 6.18. The van der Waals surface area contributed by atoms with E-state index in [9.17, 15) is 31.9 Å². The minimum Gasteiger partial charge on any atom is -0.506 e. The fraction of sp³-hybridized carbons (Fsp3) is 0.0909. The molecule has 5 nitrogen and oxygen atoms in total. The second-order valence-corrected chi connectivity index (χ2v) is 4.06. The molecule has 0 amide bonds. The quantitative estimate of drug-likeness (QED) is 0.191. The van der Waals surface area contributed by atoms with E-state index in [4.69, 9.17) is 10.5 Å². The van der Waals surface area contributed by atoms with Crippen molar-refractivity contribution in [3.63, 3.8) is 0 Å². The lowest BCUT2D eigenvalue weighted by atomic mass is 10.1. The largest absolute Gasteiger partial charge is 0.506 e. The standard InChI is InChI=1S/C11H5ClF5NO4/c12-11(16,17)22-9-6(14)3(1-5(13)7(9)15)8(19)4(2-18)10(20)21/h1-2,18-19H,(H,20,21). The van der Waals surface area contributed by atoms with Crippen molar-refractivity contribution in [3.05, 3.63) is 34.7 Å². The maximum Gasteiger partial charge on any atom is 0.487 e. The van der Waals surface area contributed by atoms with Crippen LogP contribution in [0.15, 0.2) is 11.6 Å². The summed E-state index contributed by atoms with van der Waals surface area (Å²) in [4.78, 5) is 10.7. The van der Waals surface area contributed by atoms with Crippen molar-refractivity contribution in [2.45, 2.75) is 5.57 Å². The van der Waals surface area contributed by atoms with Crippen LogP contribution < -0.4 is 4.74 Å². The van der Waals surface area contributed by atoms with Crippen molar-refractivity contribution in [1.29, 1.82) is 5.41 Å². The predicted molar refractivity (Wildman–Crippen MR) is 63.7 cm³/mol. The molecule has 3 N–H and O–H groups in total. The summed E-state index contributed by atoms with van der Waals surface area (Å²) >= 11 is 4.32. The number of hydrogen-bond donors (Lipinski definition) is 3. The Hall–Kier alpha value is -2.36. The number of aliphatic hydroxyl groups excluding tert-OH is 1. The van der Waals surface area contributed by atoms with Crippen LogP contribution in [0.25, 0.3) is 5.76 Å². The van der Waals surface area contributed by atoms with Crippen molar-refractivity contribution in [1.82, 2.24) is 0 Å². The van der Waals surface area contributed by atoms with Gasteiger partial charge in [-0.1, -0.05) is 0 Å². The molecule has 0 saturated carbocycles. The highest BCUT2D eigenvalue weighted by molar-refractivity contribution is 6.20. The molecule has 11 heteroatoms. The number of carboxylic acid groups (broad SMARTS) is 1. The Labute approximate surface area is 123 Å². The van der Waals surface area contributed by atoms with Crippen LogP contribution in [0, 0.1) is 22.9 Å². The third kappa shape index (κ3) is 3.64. The Morgan fingerprint density at radius 1 is 1.27 bits per heavy atom. The monoisotopic (exact) mass is 345 g/mol. The molecule has 0 atom stereocenters. The molecule has 0 saturated heterocycles. The van der Waals surface area contributed by atoms with Gasteiger partial charge < -0.3 is 20.4 Å². The van der Waals surface area contributed by atoms with E-state index in [-0.39, 0.29) is 12.3 Å². The molecule has 1 aromatic rings. The van der Waals surface area contributed by atoms with Crippen molar-refractivity contribution in [2.24, 2.45) is 0 Å². The number of aliphatic carboxylic acids is 1. The first-order valence-electron chi connectivity index (χ1n) is 5.10. The summed E-state index contributed by atoms with van der Waals surface area (Å²) < 4.78 is 68.8. The Morgan fingerprint density at radius 2 is 1.82 bits per heavy atom. The number of rotatable bonds is 5. The third-order valence-electron chi connectivity index (χ3n) is 2.22. The van der Waals surface area contributed by atoms with Crippen LogP contribution in [0.3, 0.4) is 0 Å². The molecule has 1 rings (SSSR count). The SMILES string of the molecule is N=CC(C(=O)O)=C(O)c1cc(F)c(F)c(OC(F)(F)Cl)c1F. The van der Waals surface area contributed by atoms with Crippen LogP contribution >= 0.6 is 11.6 Å². The Bertz CT molecular complexity index is 671. The highest BCUT2D eigenvalue weighted by Gasteiger charge is 2.34. The molecule has 0 radical (unpaired) electrons. The summed E-state index contributed by atoms with van der Waals surface area (Å²) in [6.07, 6.45) is 0.0784. The molecule has 0 unspecified atom stereocenters. The zero-order valence-corrected chi connectivity index (χ0v) is 10.9. The van der Waals surface area contributed by atoms with E-state index in [0.717, 1.165) is 0 Å². The summed E-state index contributed by atoms with van der Waals surface area (Å²) in [7, 11) is 0. The van der Waals surface area contributed by atoms with Crippen LogP contribution in [0.5, 0.6) is 5.75 Å². The average Bonchev–Trinajstić information content (AvgIpc) is 2.38. The van der Waals surface area contributed by atoms with Gasteiger partial charge in [0, 0.05) is 17.8 Å². The summed E-state index contributed by atoms with van der Waals surface area (Å²) in [5.41, 5.74) is -7.10. The summed E-state index contributed by atoms with van der Waals surface area (Å²) in [6.45, 7) is 0. The van der Waals surface area contributed by atoms with Crippen LogP contribution in [0.1, 0.15) is 5.56 Å². The number of aliphatic hydroxyl groups is 1. The number of hydrogen-bond acceptors (Lipinski definition) is 4. The van der Waals surface area contributed by atoms with E-state index >= 15 is 0 Å². The molecule has 120 valence electrons. The molecule has 0 aliphatic carbocycles. The van der Waals surface area contributed by atoms with Gasteiger partial charge in [-0.3, -0.25) is 0 Å². The Kier molecular flexibility index (Phi) is 4.97. The third-order valence-corrected chi connectivity index (χ3v) is 2.30. The first-order valence-corrected chi connectivity index (χ1v) is 5.48. The number of nitrogens with one attached hydrogen (secondary N) is 1. The predicted octanol–water partition coefficient (Wildman–Crippen LogP) is 3.28. The molecule has 0 aliphatic heterocycles. The van der Waals surface area contributed by atoms with Gasteiger partial charge in [-0.25, -0.2) is 13.6 Å². The van der Waals surface area contributed by atoms with E-state index in [1.165, 1.54) is 0 Å². The normalized spacial score (nSPS) is 12.6. The number of carbonyl (C=O) groups is 1. The molecule has 1 aromatic carbocycles. The zero-order chi connectivity index (χ0) is 17.2. The average molecular weight is 346 g/mol. The highest BCUT2D eigenvalue weighted by Crippen LogP contribution is 2.35. The number of carboxylic acids is 1. The highest BCUT2D eigenvalue weighted by atomic mass is 35.5. The molecule has 0 bridgehead atoms. The lowest BCUT2D eigenvalue weighted by molar-refractivity contribution is -0.132. The van der Waals surface area contributed by atoms with Crippen molar-refractivity contribution in [2.75, 3.05) is 0 Å². The number of halogens is 6. The summed E-state index contributed by atoms with van der Waals surface area (Å²) in [5, 5.41) is 24.9. The van der Waals surface area contributed by atoms with E-state index in [2.05, 4.69) is 16.3 Å². The Balaban J connectivity index is 3.65. The number of ether oxygens (including phenoxy) is 1. The van der Waals surface area contributed by atoms with Crippen LogP contribution in [0.2, 0.25) is 0 Å². The molecule has 0 heterocycles. The molecular weight excluding hydrogens is 341 g/mol. The van der Waals surface area contributed by atoms with Gasteiger partial charge in [0.15, 0.2) is 11.6 Å². The lowest BCUT2D eigenvalue weighted by Crippen LogP contribution is -2.19. The van der Waals surface area contributed by atoms with Gasteiger partial charge in [0.05, 0.1) is 5.56 Å². The maximum absolute atomic E-state index is 13.9. The van der Waals surface area contributed by atoms with E-state index in [0.29, 0.717) is 0 Å². The minimum absolute atomic E-state index is 0.00563. The smallest absolute Gasteiger partial charge is 0.487 e. The van der Waals surface area contributed by atoms with Gasteiger partial charge >= 0.3 is 11.5 Å². The van der Waals surface area contributed by atoms with Crippen molar-refractivity contribution in [3.8, 4) is 5.75 Å². The van der Waals surface area contributed by atoms with Gasteiger partial charge in [0.1, 0.15) is 11.3 Å². The van der Waals surface area contributed by atoms with Crippen LogP contribution in [-0.2, 0) is 4.79 Å². The zero-order valence-electron chi connectivity index (χ0n) is 10.1. The van der Waals surface area contributed by atoms with Gasteiger partial charge in [0.2, 0.25) is 11.6 Å². The molecule has 0 fully saturated rings. The molecule has 0 aromatic heterocycles. The molecule has 22 heavy (non-hydrogen) atoms. The van der Waals surface area contributed by atoms with E-state index in [1.807, 2.05) is 0 Å². The van der Waals surface area contributed by atoms with Gasteiger partial charge in [-0.05, 0) is 6.07 Å². The molecular formula is C11H5ClF5NO4. The fourth-order valence-corrected chi connectivity index (χ4v) is 1.41. The van der Waals surface area contributed by atoms with Crippen LogP contribution in [-0.4, -0.2) is 28.0 Å². The second-order valence-electron chi connectivity index (χ2n) is 3.62. The van der Waals surface area contributed by atoms with Gasteiger partial charge in [-0.15, -0.1) is 8.78 Å². The van der Waals surface area contributed by atoms with E-state index in [1.54, 1.807) is 0 Å². The maximum atomic E-state index is 13.9. The Morgan fingerprint density at radius 3 is 2.23 bits per heavy atom.